The largest absolute Gasteiger partial charge is 0.494 e. The van der Waals surface area contributed by atoms with Gasteiger partial charge in [0.2, 0.25) is 11.6 Å². The van der Waals surface area contributed by atoms with Crippen LogP contribution in [0.1, 0.15) is 12.8 Å². The molecule has 4 aromatic rings. The number of nitrogen functional groups attached to an aromatic ring is 1. The predicted molar refractivity (Wildman–Crippen MR) is 132 cm³/mol. The Balaban J connectivity index is 1.60. The number of aromatic nitrogens is 5. The Morgan fingerprint density at radius 2 is 1.85 bits per heavy atom. The summed E-state index contributed by atoms with van der Waals surface area (Å²) in [4.78, 5) is 13.9. The Bertz CT molecular complexity index is 1520. The summed E-state index contributed by atoms with van der Waals surface area (Å²) in [6.45, 7) is 0.229. The van der Waals surface area contributed by atoms with Gasteiger partial charge in [-0.2, -0.15) is 9.61 Å². The Morgan fingerprint density at radius 3 is 2.59 bits per heavy atom. The Labute approximate surface area is 219 Å². The molecule has 3 aromatic heterocycles. The minimum atomic E-state index is -3.04. The second kappa shape index (κ2) is 10.1. The molecule has 0 unspecified atom stereocenters. The van der Waals surface area contributed by atoms with E-state index < -0.39 is 29.7 Å². The van der Waals surface area contributed by atoms with Crippen molar-refractivity contribution in [2.45, 2.75) is 30.9 Å². The lowest BCUT2D eigenvalue weighted by molar-refractivity contribution is -0.0529. The molecule has 5 rings (SSSR count). The summed E-state index contributed by atoms with van der Waals surface area (Å²) < 4.78 is 68.3. The average Bonchev–Trinajstić information content (AvgIpc) is 3.33. The van der Waals surface area contributed by atoms with Crippen LogP contribution >= 0.6 is 0 Å². The average molecular weight is 549 g/mol. The molecule has 0 radical (unpaired) electrons. The van der Waals surface area contributed by atoms with Gasteiger partial charge in [0, 0.05) is 30.8 Å². The molecule has 0 aliphatic carbocycles. The van der Waals surface area contributed by atoms with Crippen molar-refractivity contribution in [2.75, 3.05) is 30.8 Å². The summed E-state index contributed by atoms with van der Waals surface area (Å²) >= 11 is 0. The third-order valence-corrected chi connectivity index (χ3v) is 6.61. The number of alkyl halides is 2. The molecule has 1 aromatic carbocycles. The fourth-order valence-corrected chi connectivity index (χ4v) is 4.59. The monoisotopic (exact) mass is 548 g/mol. The standard InChI is InChI=1S/C24H24F4N8O3/c1-38-17-6-13(25)12(5-14(17)26)15-7-18(39-19-9-34-36-22(19)32-11-33-23(36)29)16(8-31-15)35-4-2-3-24(30,10-35)20(37)21(27)28/h5-9,11,20-21,37H,2-4,10,30H2,1H3,(H2,29,32,33)/t20-,24-/m1/s1. The van der Waals surface area contributed by atoms with Gasteiger partial charge in [0.25, 0.3) is 6.43 Å². The van der Waals surface area contributed by atoms with Gasteiger partial charge in [0.15, 0.2) is 23.1 Å². The number of hydrogen-bond acceptors (Lipinski definition) is 10. The highest BCUT2D eigenvalue weighted by Crippen LogP contribution is 2.40. The van der Waals surface area contributed by atoms with Crippen molar-refractivity contribution >= 4 is 17.3 Å². The van der Waals surface area contributed by atoms with E-state index in [4.69, 9.17) is 20.9 Å². The fourth-order valence-electron chi connectivity index (χ4n) is 4.59. The third kappa shape index (κ3) is 4.85. The van der Waals surface area contributed by atoms with Gasteiger partial charge in [-0.25, -0.2) is 27.5 Å². The van der Waals surface area contributed by atoms with E-state index in [0.29, 0.717) is 18.7 Å². The van der Waals surface area contributed by atoms with E-state index in [1.807, 2.05) is 0 Å². The predicted octanol–water partition coefficient (Wildman–Crippen LogP) is 2.77. The molecule has 39 heavy (non-hydrogen) atoms. The van der Waals surface area contributed by atoms with Gasteiger partial charge in [0.1, 0.15) is 18.2 Å². The number of ether oxygens (including phenoxy) is 2. The first-order chi connectivity index (χ1) is 18.6. The van der Waals surface area contributed by atoms with Crippen molar-refractivity contribution in [1.82, 2.24) is 24.6 Å². The van der Waals surface area contributed by atoms with Gasteiger partial charge < -0.3 is 30.9 Å². The highest BCUT2D eigenvalue weighted by atomic mass is 19.3. The van der Waals surface area contributed by atoms with Crippen LogP contribution in [0.2, 0.25) is 0 Å². The van der Waals surface area contributed by atoms with Crippen LogP contribution in [0.15, 0.2) is 36.9 Å². The normalized spacial score (nSPS) is 18.5. The van der Waals surface area contributed by atoms with E-state index in [9.17, 15) is 22.7 Å². The van der Waals surface area contributed by atoms with Gasteiger partial charge >= 0.3 is 0 Å². The molecule has 1 saturated heterocycles. The van der Waals surface area contributed by atoms with Crippen LogP contribution in [0.5, 0.6) is 17.2 Å². The van der Waals surface area contributed by atoms with Gasteiger partial charge in [-0.15, -0.1) is 0 Å². The van der Waals surface area contributed by atoms with Crippen LogP contribution in [0, 0.1) is 11.6 Å². The quantitative estimate of drug-likeness (QED) is 0.294. The fraction of sp³-hybridized carbons (Fsp3) is 0.333. The SMILES string of the molecule is COc1cc(F)c(-c2cc(Oc3cnn4c(N)ncnc34)c(N3CCC[C@](N)([C@H](O)C(F)F)C3)cn2)cc1F. The van der Waals surface area contributed by atoms with Crippen molar-refractivity contribution in [3.8, 4) is 28.5 Å². The van der Waals surface area contributed by atoms with E-state index in [1.165, 1.54) is 36.4 Å². The molecule has 2 atom stereocenters. The van der Waals surface area contributed by atoms with Crippen molar-refractivity contribution in [3.63, 3.8) is 0 Å². The molecule has 5 N–H and O–H groups in total. The highest BCUT2D eigenvalue weighted by molar-refractivity contribution is 5.70. The molecular formula is C24H24F4N8O3. The van der Waals surface area contributed by atoms with Crippen LogP contribution in [0.3, 0.4) is 0 Å². The Kier molecular flexibility index (Phi) is 6.86. The van der Waals surface area contributed by atoms with Gasteiger partial charge in [-0.1, -0.05) is 0 Å². The number of halogens is 4. The number of fused-ring (bicyclic) bond motifs is 1. The second-order valence-corrected chi connectivity index (χ2v) is 9.12. The second-order valence-electron chi connectivity index (χ2n) is 9.12. The number of nitrogens with two attached hydrogens (primary N) is 2. The molecule has 1 fully saturated rings. The number of anilines is 2. The number of aliphatic hydroxyl groups excluding tert-OH is 1. The smallest absolute Gasteiger partial charge is 0.265 e. The van der Waals surface area contributed by atoms with Crippen LogP contribution < -0.4 is 25.8 Å². The molecular weight excluding hydrogens is 524 g/mol. The van der Waals surface area contributed by atoms with Crippen molar-refractivity contribution in [2.24, 2.45) is 5.73 Å². The molecule has 11 nitrogen and oxygen atoms in total. The third-order valence-electron chi connectivity index (χ3n) is 6.61. The lowest BCUT2D eigenvalue weighted by Crippen LogP contribution is -2.63. The summed E-state index contributed by atoms with van der Waals surface area (Å²) in [6, 6.07) is 3.20. The summed E-state index contributed by atoms with van der Waals surface area (Å²) in [5.41, 5.74) is 10.8. The molecule has 1 aliphatic rings. The number of rotatable bonds is 7. The molecule has 15 heteroatoms. The Morgan fingerprint density at radius 1 is 1.05 bits per heavy atom. The maximum absolute atomic E-state index is 14.9. The zero-order valence-corrected chi connectivity index (χ0v) is 20.6. The Hall–Kier alpha value is -4.24. The molecule has 0 amide bonds. The minimum absolute atomic E-state index is 0.0158. The van der Waals surface area contributed by atoms with E-state index in [0.717, 1.165) is 12.1 Å². The van der Waals surface area contributed by atoms with E-state index in [-0.39, 0.29) is 53.1 Å². The van der Waals surface area contributed by atoms with Crippen LogP contribution in [-0.2, 0) is 0 Å². The van der Waals surface area contributed by atoms with Gasteiger partial charge in [-0.05, 0) is 18.9 Å². The van der Waals surface area contributed by atoms with E-state index in [2.05, 4.69) is 20.1 Å². The molecule has 1 aliphatic heterocycles. The lowest BCUT2D eigenvalue weighted by Gasteiger charge is -2.43. The van der Waals surface area contributed by atoms with Crippen LogP contribution in [0.4, 0.5) is 29.2 Å². The number of hydrogen-bond donors (Lipinski definition) is 3. The summed E-state index contributed by atoms with van der Waals surface area (Å²) in [5, 5.41) is 14.2. The van der Waals surface area contributed by atoms with Crippen molar-refractivity contribution < 1.29 is 32.1 Å². The lowest BCUT2D eigenvalue weighted by atomic mass is 9.84. The van der Waals surface area contributed by atoms with E-state index >= 15 is 0 Å². The molecule has 0 bridgehead atoms. The highest BCUT2D eigenvalue weighted by Gasteiger charge is 2.43. The van der Waals surface area contributed by atoms with Crippen molar-refractivity contribution in [1.29, 1.82) is 0 Å². The number of nitrogens with zero attached hydrogens (tertiary/aromatic N) is 6. The summed E-state index contributed by atoms with van der Waals surface area (Å²) in [6.07, 6.45) is -0.663. The summed E-state index contributed by atoms with van der Waals surface area (Å²) in [5.74, 6) is -1.59. The number of benzene rings is 1. The zero-order valence-electron chi connectivity index (χ0n) is 20.6. The van der Waals surface area contributed by atoms with Crippen LogP contribution in [0.25, 0.3) is 16.9 Å². The van der Waals surface area contributed by atoms with Crippen LogP contribution in [-0.4, -0.2) is 67.9 Å². The van der Waals surface area contributed by atoms with Gasteiger partial charge in [-0.3, -0.25) is 4.98 Å². The maximum Gasteiger partial charge on any atom is 0.265 e. The molecule has 0 saturated carbocycles. The number of piperidine rings is 1. The zero-order chi connectivity index (χ0) is 27.9. The first-order valence-electron chi connectivity index (χ1n) is 11.8. The number of pyridine rings is 1. The molecule has 4 heterocycles. The summed E-state index contributed by atoms with van der Waals surface area (Å²) in [7, 11) is 1.21. The topological polar surface area (TPSA) is 150 Å². The van der Waals surface area contributed by atoms with Gasteiger partial charge in [0.05, 0.1) is 36.4 Å². The van der Waals surface area contributed by atoms with Crippen molar-refractivity contribution in [3.05, 3.63) is 48.6 Å². The first-order valence-corrected chi connectivity index (χ1v) is 11.8. The minimum Gasteiger partial charge on any atom is -0.494 e. The van der Waals surface area contributed by atoms with E-state index in [1.54, 1.807) is 4.90 Å². The molecule has 0 spiro atoms. The number of aliphatic hydroxyl groups is 1. The molecule has 206 valence electrons. The first kappa shape index (κ1) is 26.4. The number of methoxy groups -OCH3 is 1. The maximum atomic E-state index is 14.9.